The first-order chi connectivity index (χ1) is 10.4. The summed E-state index contributed by atoms with van der Waals surface area (Å²) < 4.78 is 26.9. The van der Waals surface area contributed by atoms with Crippen LogP contribution in [-0.4, -0.2) is 36.6 Å². The van der Waals surface area contributed by atoms with Crippen LogP contribution in [0.1, 0.15) is 19.8 Å². The highest BCUT2D eigenvalue weighted by Crippen LogP contribution is 2.22. The Morgan fingerprint density at radius 1 is 1.45 bits per heavy atom. The second-order valence-corrected chi connectivity index (χ2v) is 7.46. The molecule has 7 nitrogen and oxygen atoms in total. The van der Waals surface area contributed by atoms with E-state index in [0.717, 1.165) is 12.8 Å². The van der Waals surface area contributed by atoms with E-state index in [1.54, 1.807) is 6.07 Å². The Kier molecular flexibility index (Phi) is 5.43. The second kappa shape index (κ2) is 7.12. The molecule has 1 aromatic heterocycles. The maximum atomic E-state index is 12.2. The third-order valence-electron chi connectivity index (χ3n) is 2.92. The Hall–Kier alpha value is -1.58. The van der Waals surface area contributed by atoms with Crippen molar-refractivity contribution in [3.05, 3.63) is 18.2 Å². The van der Waals surface area contributed by atoms with Crippen LogP contribution in [-0.2, 0) is 14.8 Å². The number of benzene rings is 1. The van der Waals surface area contributed by atoms with E-state index in [4.69, 9.17) is 5.73 Å². The molecule has 1 heterocycles. The highest BCUT2D eigenvalue weighted by atomic mass is 32.2. The van der Waals surface area contributed by atoms with E-state index in [1.165, 1.54) is 23.9 Å². The Balaban J connectivity index is 2.20. The van der Waals surface area contributed by atoms with Crippen molar-refractivity contribution in [2.45, 2.75) is 29.8 Å². The van der Waals surface area contributed by atoms with Crippen LogP contribution in [0.25, 0.3) is 11.0 Å². The van der Waals surface area contributed by atoms with Gasteiger partial charge in [-0.3, -0.25) is 4.79 Å². The molecule has 0 atom stereocenters. The average Bonchev–Trinajstić information content (AvgIpc) is 2.87. The van der Waals surface area contributed by atoms with Crippen molar-refractivity contribution in [1.29, 1.82) is 0 Å². The molecule has 0 saturated carbocycles. The van der Waals surface area contributed by atoms with Gasteiger partial charge in [-0.1, -0.05) is 25.1 Å². The van der Waals surface area contributed by atoms with Crippen LogP contribution in [0.3, 0.4) is 0 Å². The van der Waals surface area contributed by atoms with Gasteiger partial charge in [0, 0.05) is 6.54 Å². The fourth-order valence-electron chi connectivity index (χ4n) is 1.81. The molecular weight excluding hydrogens is 324 g/mol. The van der Waals surface area contributed by atoms with E-state index in [0.29, 0.717) is 22.7 Å². The molecule has 0 aliphatic heterocycles. The van der Waals surface area contributed by atoms with E-state index >= 15 is 0 Å². The Bertz CT molecular complexity index is 771. The van der Waals surface area contributed by atoms with E-state index in [1.807, 2.05) is 6.92 Å². The molecule has 9 heteroatoms. The lowest BCUT2D eigenvalue weighted by Gasteiger charge is -2.05. The van der Waals surface area contributed by atoms with Crippen LogP contribution in [0.5, 0.6) is 0 Å². The number of sulfonamides is 1. The summed E-state index contributed by atoms with van der Waals surface area (Å²) >= 11 is 1.18. The molecule has 0 aliphatic rings. The van der Waals surface area contributed by atoms with E-state index in [9.17, 15) is 13.2 Å². The molecule has 0 spiro atoms. The number of hydrogen-bond donors (Lipinski definition) is 3. The molecule has 0 fully saturated rings. The topological polar surface area (TPSA) is 118 Å². The first-order valence-electron chi connectivity index (χ1n) is 6.83. The zero-order chi connectivity index (χ0) is 16.2. The van der Waals surface area contributed by atoms with Crippen LogP contribution >= 0.6 is 11.8 Å². The van der Waals surface area contributed by atoms with Crippen LogP contribution in [0, 0.1) is 0 Å². The van der Waals surface area contributed by atoms with Crippen molar-refractivity contribution in [2.24, 2.45) is 5.73 Å². The molecule has 1 aromatic carbocycles. The number of nitrogens with two attached hydrogens (primary N) is 1. The van der Waals surface area contributed by atoms with Crippen molar-refractivity contribution in [3.8, 4) is 0 Å². The van der Waals surface area contributed by atoms with Gasteiger partial charge in [-0.05, 0) is 24.6 Å². The number of aromatic amines is 1. The standard InChI is InChI=1S/C13H18N4O3S2/c1-2-3-6-15-22(19,20)9-4-5-10-11(7-9)17-13(16-10)21-8-12(14)18/h4-5,7,15H,2-3,6,8H2,1H3,(H2,14,18)(H,16,17). The van der Waals surface area contributed by atoms with Crippen molar-refractivity contribution in [2.75, 3.05) is 12.3 Å². The van der Waals surface area contributed by atoms with Gasteiger partial charge in [0.2, 0.25) is 15.9 Å². The number of fused-ring (bicyclic) bond motifs is 1. The van der Waals surface area contributed by atoms with Gasteiger partial charge in [0.05, 0.1) is 21.7 Å². The van der Waals surface area contributed by atoms with E-state index in [-0.39, 0.29) is 10.6 Å². The molecular formula is C13H18N4O3S2. The molecule has 2 aromatic rings. The Morgan fingerprint density at radius 2 is 2.23 bits per heavy atom. The van der Waals surface area contributed by atoms with Crippen LogP contribution in [0.2, 0.25) is 0 Å². The summed E-state index contributed by atoms with van der Waals surface area (Å²) in [5.74, 6) is -0.322. The van der Waals surface area contributed by atoms with Gasteiger partial charge in [-0.25, -0.2) is 18.1 Å². The number of imidazole rings is 1. The number of primary amides is 1. The third kappa shape index (κ3) is 4.21. The quantitative estimate of drug-likeness (QED) is 0.492. The number of unbranched alkanes of at least 4 members (excludes halogenated alkanes) is 1. The van der Waals surface area contributed by atoms with Crippen molar-refractivity contribution < 1.29 is 13.2 Å². The first-order valence-corrected chi connectivity index (χ1v) is 9.30. The maximum absolute atomic E-state index is 12.2. The highest BCUT2D eigenvalue weighted by Gasteiger charge is 2.15. The molecule has 22 heavy (non-hydrogen) atoms. The minimum atomic E-state index is -3.52. The van der Waals surface area contributed by atoms with Crippen molar-refractivity contribution >= 4 is 38.7 Å². The van der Waals surface area contributed by atoms with Crippen LogP contribution < -0.4 is 10.5 Å². The molecule has 2 rings (SSSR count). The maximum Gasteiger partial charge on any atom is 0.240 e. The number of H-pyrrole nitrogens is 1. The number of hydrogen-bond acceptors (Lipinski definition) is 5. The number of amides is 1. The summed E-state index contributed by atoms with van der Waals surface area (Å²) in [5.41, 5.74) is 6.33. The summed E-state index contributed by atoms with van der Waals surface area (Å²) in [7, 11) is -3.52. The first kappa shape index (κ1) is 16.8. The van der Waals surface area contributed by atoms with E-state index < -0.39 is 15.9 Å². The number of aromatic nitrogens is 2. The minimum Gasteiger partial charge on any atom is -0.369 e. The molecule has 0 saturated heterocycles. The number of nitrogens with one attached hydrogen (secondary N) is 2. The third-order valence-corrected chi connectivity index (χ3v) is 5.27. The molecule has 0 unspecified atom stereocenters. The highest BCUT2D eigenvalue weighted by molar-refractivity contribution is 7.99. The molecule has 120 valence electrons. The van der Waals surface area contributed by atoms with Crippen molar-refractivity contribution in [3.63, 3.8) is 0 Å². The lowest BCUT2D eigenvalue weighted by molar-refractivity contribution is -0.115. The van der Waals surface area contributed by atoms with Crippen molar-refractivity contribution in [1.82, 2.24) is 14.7 Å². The largest absolute Gasteiger partial charge is 0.369 e. The van der Waals surface area contributed by atoms with Crippen LogP contribution in [0.4, 0.5) is 0 Å². The molecule has 0 bridgehead atoms. The Morgan fingerprint density at radius 3 is 2.91 bits per heavy atom. The molecule has 0 aliphatic carbocycles. The fraction of sp³-hybridized carbons (Fsp3) is 0.385. The van der Waals surface area contributed by atoms with Gasteiger partial charge in [-0.15, -0.1) is 0 Å². The summed E-state index contributed by atoms with van der Waals surface area (Å²) in [6, 6.07) is 4.68. The number of nitrogens with zero attached hydrogens (tertiary/aromatic N) is 1. The van der Waals surface area contributed by atoms with Gasteiger partial charge in [0.1, 0.15) is 0 Å². The number of thioether (sulfide) groups is 1. The second-order valence-electron chi connectivity index (χ2n) is 4.73. The van der Waals surface area contributed by atoms with Crippen LogP contribution in [0.15, 0.2) is 28.3 Å². The summed E-state index contributed by atoms with van der Waals surface area (Å²) in [6.07, 6.45) is 1.71. The predicted molar refractivity (Wildman–Crippen MR) is 86.1 cm³/mol. The fourth-order valence-corrected chi connectivity index (χ4v) is 3.53. The monoisotopic (exact) mass is 342 g/mol. The normalized spacial score (nSPS) is 11.9. The number of carbonyl (C=O) groups excluding carboxylic acids is 1. The minimum absolute atomic E-state index is 0.115. The zero-order valence-electron chi connectivity index (χ0n) is 12.1. The summed E-state index contributed by atoms with van der Waals surface area (Å²) in [5, 5.41) is 0.530. The summed E-state index contributed by atoms with van der Waals surface area (Å²) in [4.78, 5) is 18.2. The van der Waals surface area contributed by atoms with Gasteiger partial charge < -0.3 is 10.7 Å². The smallest absolute Gasteiger partial charge is 0.240 e. The number of carbonyl (C=O) groups is 1. The van der Waals surface area contributed by atoms with E-state index in [2.05, 4.69) is 14.7 Å². The Labute approximate surface area is 133 Å². The lowest BCUT2D eigenvalue weighted by Crippen LogP contribution is -2.24. The molecule has 4 N–H and O–H groups in total. The predicted octanol–water partition coefficient (Wildman–Crippen LogP) is 1.22. The number of rotatable bonds is 8. The van der Waals surface area contributed by atoms with Gasteiger partial charge >= 0.3 is 0 Å². The lowest BCUT2D eigenvalue weighted by atomic mass is 10.3. The molecule has 1 amide bonds. The molecule has 0 radical (unpaired) electrons. The van der Waals surface area contributed by atoms with Gasteiger partial charge in [0.15, 0.2) is 5.16 Å². The SMILES string of the molecule is CCCCNS(=O)(=O)c1ccc2nc(SCC(N)=O)[nH]c2c1. The average molecular weight is 342 g/mol. The van der Waals surface area contributed by atoms with Gasteiger partial charge in [0.25, 0.3) is 0 Å². The van der Waals surface area contributed by atoms with Gasteiger partial charge in [-0.2, -0.15) is 0 Å². The zero-order valence-corrected chi connectivity index (χ0v) is 13.8. The summed E-state index contributed by atoms with van der Waals surface area (Å²) in [6.45, 7) is 2.41.